The zero-order chi connectivity index (χ0) is 17.0. The highest BCUT2D eigenvalue weighted by molar-refractivity contribution is 7.89. The lowest BCUT2D eigenvalue weighted by Gasteiger charge is -2.33. The van der Waals surface area contributed by atoms with Crippen LogP contribution in [-0.4, -0.2) is 49.9 Å². The number of hydrogen-bond acceptors (Lipinski definition) is 4. The third-order valence-corrected chi connectivity index (χ3v) is 5.08. The summed E-state index contributed by atoms with van der Waals surface area (Å²) in [5, 5.41) is 0. The maximum Gasteiger partial charge on any atom is 0.410 e. The molecule has 6 nitrogen and oxygen atoms in total. The monoisotopic (exact) mass is 334 g/mol. The SMILES string of the molecule is CC(C)NS(=O)(=O)CCC1CCN(C(=O)OC(C)(C)C)CC1. The lowest BCUT2D eigenvalue weighted by Crippen LogP contribution is -2.42. The van der Waals surface area contributed by atoms with Gasteiger partial charge in [0.25, 0.3) is 0 Å². The summed E-state index contributed by atoms with van der Waals surface area (Å²) in [7, 11) is -3.19. The van der Waals surface area contributed by atoms with E-state index in [9.17, 15) is 13.2 Å². The minimum Gasteiger partial charge on any atom is -0.444 e. The second-order valence-electron chi connectivity index (χ2n) is 7.29. The molecule has 0 aliphatic carbocycles. The summed E-state index contributed by atoms with van der Waals surface area (Å²) < 4.78 is 31.6. The molecule has 0 radical (unpaired) electrons. The molecular formula is C15H30N2O4S. The molecule has 0 spiro atoms. The van der Waals surface area contributed by atoms with Crippen LogP contribution in [0.4, 0.5) is 4.79 Å². The van der Waals surface area contributed by atoms with Gasteiger partial charge in [0.1, 0.15) is 5.60 Å². The molecule has 0 aromatic rings. The van der Waals surface area contributed by atoms with Crippen molar-refractivity contribution in [2.24, 2.45) is 5.92 Å². The molecule has 0 saturated carbocycles. The van der Waals surface area contributed by atoms with Gasteiger partial charge in [-0.2, -0.15) is 0 Å². The van der Waals surface area contributed by atoms with Gasteiger partial charge in [-0.25, -0.2) is 17.9 Å². The number of likely N-dealkylation sites (tertiary alicyclic amines) is 1. The lowest BCUT2D eigenvalue weighted by atomic mass is 9.95. The molecule has 130 valence electrons. The van der Waals surface area contributed by atoms with Gasteiger partial charge in [0.2, 0.25) is 10.0 Å². The standard InChI is InChI=1S/C15H30N2O4S/c1-12(2)16-22(19,20)11-8-13-6-9-17(10-7-13)14(18)21-15(3,4)5/h12-13,16H,6-11H2,1-5H3. The van der Waals surface area contributed by atoms with Crippen LogP contribution in [0.3, 0.4) is 0 Å². The molecule has 1 saturated heterocycles. The highest BCUT2D eigenvalue weighted by atomic mass is 32.2. The first-order valence-corrected chi connectivity index (χ1v) is 9.61. The van der Waals surface area contributed by atoms with Crippen molar-refractivity contribution >= 4 is 16.1 Å². The van der Waals surface area contributed by atoms with E-state index < -0.39 is 15.6 Å². The van der Waals surface area contributed by atoms with Crippen molar-refractivity contribution in [3.05, 3.63) is 0 Å². The molecular weight excluding hydrogens is 304 g/mol. The number of nitrogens with one attached hydrogen (secondary N) is 1. The molecule has 1 rings (SSSR count). The van der Waals surface area contributed by atoms with E-state index in [4.69, 9.17) is 4.74 Å². The molecule has 0 atom stereocenters. The largest absolute Gasteiger partial charge is 0.444 e. The number of carbonyl (C=O) groups excluding carboxylic acids is 1. The Morgan fingerprint density at radius 2 is 1.82 bits per heavy atom. The fourth-order valence-electron chi connectivity index (χ4n) is 2.47. The fourth-order valence-corrected chi connectivity index (χ4v) is 3.95. The first-order valence-electron chi connectivity index (χ1n) is 7.96. The highest BCUT2D eigenvalue weighted by Crippen LogP contribution is 2.22. The molecule has 1 N–H and O–H groups in total. The molecule has 0 aromatic carbocycles. The van der Waals surface area contributed by atoms with Gasteiger partial charge in [-0.1, -0.05) is 0 Å². The van der Waals surface area contributed by atoms with E-state index in [-0.39, 0.29) is 17.9 Å². The predicted octanol–water partition coefficient (Wildman–Crippen LogP) is 2.35. The van der Waals surface area contributed by atoms with E-state index in [1.54, 1.807) is 4.90 Å². The number of amides is 1. The summed E-state index contributed by atoms with van der Waals surface area (Å²) in [6.45, 7) is 10.5. The Hall–Kier alpha value is -0.820. The molecule has 1 amide bonds. The zero-order valence-electron chi connectivity index (χ0n) is 14.4. The third kappa shape index (κ3) is 7.45. The third-order valence-electron chi connectivity index (χ3n) is 3.48. The molecule has 0 unspecified atom stereocenters. The van der Waals surface area contributed by atoms with E-state index in [2.05, 4.69) is 4.72 Å². The number of sulfonamides is 1. The van der Waals surface area contributed by atoms with Crippen LogP contribution < -0.4 is 4.72 Å². The van der Waals surface area contributed by atoms with Gasteiger partial charge in [-0.05, 0) is 59.8 Å². The number of hydrogen-bond donors (Lipinski definition) is 1. The van der Waals surface area contributed by atoms with Crippen molar-refractivity contribution in [1.82, 2.24) is 9.62 Å². The van der Waals surface area contributed by atoms with Crippen LogP contribution in [0, 0.1) is 5.92 Å². The van der Waals surface area contributed by atoms with E-state index in [0.717, 1.165) is 12.8 Å². The van der Waals surface area contributed by atoms with E-state index in [1.807, 2.05) is 34.6 Å². The van der Waals surface area contributed by atoms with Gasteiger partial charge in [0.05, 0.1) is 5.75 Å². The van der Waals surface area contributed by atoms with Gasteiger partial charge >= 0.3 is 6.09 Å². The Bertz CT molecular complexity index is 460. The van der Waals surface area contributed by atoms with Gasteiger partial charge in [0, 0.05) is 19.1 Å². The molecule has 1 heterocycles. The molecule has 22 heavy (non-hydrogen) atoms. The molecule has 1 aliphatic heterocycles. The van der Waals surface area contributed by atoms with Crippen LogP contribution in [-0.2, 0) is 14.8 Å². The Morgan fingerprint density at radius 3 is 2.27 bits per heavy atom. The van der Waals surface area contributed by atoms with Crippen molar-refractivity contribution < 1.29 is 17.9 Å². The fraction of sp³-hybridized carbons (Fsp3) is 0.933. The van der Waals surface area contributed by atoms with Gasteiger partial charge in [0.15, 0.2) is 0 Å². The van der Waals surface area contributed by atoms with Crippen LogP contribution in [0.25, 0.3) is 0 Å². The normalized spacial score (nSPS) is 17.8. The predicted molar refractivity (Wildman–Crippen MR) is 87.2 cm³/mol. The quantitative estimate of drug-likeness (QED) is 0.837. The molecule has 1 aliphatic rings. The molecule has 0 bridgehead atoms. The zero-order valence-corrected chi connectivity index (χ0v) is 15.2. The van der Waals surface area contributed by atoms with Crippen molar-refractivity contribution in [2.45, 2.75) is 65.5 Å². The number of carbonyl (C=O) groups is 1. The highest BCUT2D eigenvalue weighted by Gasteiger charge is 2.27. The van der Waals surface area contributed by atoms with Crippen LogP contribution in [0.1, 0.15) is 53.9 Å². The van der Waals surface area contributed by atoms with Gasteiger partial charge in [-0.3, -0.25) is 0 Å². The van der Waals surface area contributed by atoms with Crippen molar-refractivity contribution in [2.75, 3.05) is 18.8 Å². The number of piperidine rings is 1. The Morgan fingerprint density at radius 1 is 1.27 bits per heavy atom. The number of ether oxygens (including phenoxy) is 1. The molecule has 1 fully saturated rings. The van der Waals surface area contributed by atoms with E-state index >= 15 is 0 Å². The summed E-state index contributed by atoms with van der Waals surface area (Å²) in [6.07, 6.45) is 2.02. The van der Waals surface area contributed by atoms with Crippen LogP contribution in [0.2, 0.25) is 0 Å². The summed E-state index contributed by atoms with van der Waals surface area (Å²) in [4.78, 5) is 13.7. The van der Waals surface area contributed by atoms with Gasteiger partial charge in [-0.15, -0.1) is 0 Å². The number of rotatable bonds is 5. The Kier molecular flexibility index (Phi) is 6.67. The summed E-state index contributed by atoms with van der Waals surface area (Å²) in [5.74, 6) is 0.505. The van der Waals surface area contributed by atoms with Gasteiger partial charge < -0.3 is 9.64 Å². The summed E-state index contributed by atoms with van der Waals surface area (Å²) in [6, 6.07) is -0.0704. The maximum atomic E-state index is 12.0. The molecule has 7 heteroatoms. The summed E-state index contributed by atoms with van der Waals surface area (Å²) in [5.41, 5.74) is -0.482. The molecule has 0 aromatic heterocycles. The van der Waals surface area contributed by atoms with E-state index in [1.165, 1.54) is 0 Å². The summed E-state index contributed by atoms with van der Waals surface area (Å²) >= 11 is 0. The van der Waals surface area contributed by atoms with Crippen LogP contribution in [0.5, 0.6) is 0 Å². The second kappa shape index (κ2) is 7.64. The maximum absolute atomic E-state index is 12.0. The topological polar surface area (TPSA) is 75.7 Å². The first kappa shape index (κ1) is 19.2. The Labute approximate surface area is 134 Å². The van der Waals surface area contributed by atoms with Crippen molar-refractivity contribution in [3.63, 3.8) is 0 Å². The Balaban J connectivity index is 2.35. The van der Waals surface area contributed by atoms with Crippen LogP contribution in [0.15, 0.2) is 0 Å². The lowest BCUT2D eigenvalue weighted by molar-refractivity contribution is 0.0183. The average Bonchev–Trinajstić information content (AvgIpc) is 2.33. The smallest absolute Gasteiger partial charge is 0.410 e. The first-order chi connectivity index (χ1) is 9.98. The minimum absolute atomic E-state index is 0.0704. The van der Waals surface area contributed by atoms with Crippen molar-refractivity contribution in [1.29, 1.82) is 0 Å². The second-order valence-corrected chi connectivity index (χ2v) is 9.16. The minimum atomic E-state index is -3.19. The number of nitrogens with zero attached hydrogens (tertiary/aromatic N) is 1. The van der Waals surface area contributed by atoms with Crippen LogP contribution >= 0.6 is 0 Å². The average molecular weight is 334 g/mol. The van der Waals surface area contributed by atoms with Crippen molar-refractivity contribution in [3.8, 4) is 0 Å². The van der Waals surface area contributed by atoms with E-state index in [0.29, 0.717) is 25.4 Å².